The maximum absolute atomic E-state index is 2.93. The van der Waals surface area contributed by atoms with E-state index in [0.29, 0.717) is 0 Å². The average Bonchev–Trinajstić information content (AvgIpc) is 1.37. The summed E-state index contributed by atoms with van der Waals surface area (Å²) in [6, 6.07) is 0. The summed E-state index contributed by atoms with van der Waals surface area (Å²) in [6.45, 7) is 3.14. The van der Waals surface area contributed by atoms with Crippen molar-refractivity contribution < 1.29 is 0 Å². The fourth-order valence-electron chi connectivity index (χ4n) is 0. The molecule has 0 aliphatic carbocycles. The van der Waals surface area contributed by atoms with Gasteiger partial charge in [-0.1, -0.05) is 6.92 Å². The summed E-state index contributed by atoms with van der Waals surface area (Å²) < 4.78 is 0. The molecular weight excluding hydrogens is 89.1 g/mol. The Balaban J connectivity index is 0. The molecule has 0 unspecified atom stereocenters. The van der Waals surface area contributed by atoms with Gasteiger partial charge in [0.2, 0.25) is 0 Å². The Morgan fingerprint density at radius 2 is 1.80 bits per heavy atom. The van der Waals surface area contributed by atoms with E-state index >= 15 is 0 Å². The Kier molecular flexibility index (Phi) is 17.9. The summed E-state index contributed by atoms with van der Waals surface area (Å²) in [7, 11) is 1.93. The topological polar surface area (TPSA) is 12.0 Å². The van der Waals surface area contributed by atoms with Crippen molar-refractivity contribution in [1.82, 2.24) is 5.32 Å². The molecule has 0 aromatic rings. The van der Waals surface area contributed by atoms with Gasteiger partial charge in [0.15, 0.2) is 0 Å². The van der Waals surface area contributed by atoms with E-state index in [1.54, 1.807) is 0 Å². The van der Waals surface area contributed by atoms with Crippen LogP contribution < -0.4 is 5.32 Å². The van der Waals surface area contributed by atoms with E-state index in [1.807, 2.05) is 7.05 Å². The van der Waals surface area contributed by atoms with Gasteiger partial charge < -0.3 is 5.32 Å². The summed E-state index contributed by atoms with van der Waals surface area (Å²) in [4.78, 5) is 0. The minimum absolute atomic E-state index is 0. The quantitative estimate of drug-likeness (QED) is 0.440. The zero-order chi connectivity index (χ0) is 3.41. The van der Waals surface area contributed by atoms with Gasteiger partial charge in [-0.2, -0.15) is 0 Å². The molecule has 0 aliphatic rings. The fourth-order valence-corrected chi connectivity index (χ4v) is 0. The monoisotopic (exact) mass is 99.0 g/mol. The van der Waals surface area contributed by atoms with Crippen LogP contribution in [0.5, 0.6) is 0 Å². The van der Waals surface area contributed by atoms with E-state index < -0.39 is 0 Å². The van der Waals surface area contributed by atoms with Gasteiger partial charge in [0.05, 0.1) is 0 Å². The van der Waals surface area contributed by atoms with Crippen LogP contribution in [0.1, 0.15) is 6.92 Å². The van der Waals surface area contributed by atoms with E-state index in [1.165, 1.54) is 0 Å². The molecule has 0 aromatic carbocycles. The van der Waals surface area contributed by atoms with Crippen LogP contribution in [0.15, 0.2) is 0 Å². The van der Waals surface area contributed by atoms with Gasteiger partial charge in [0, 0.05) is 0 Å². The van der Waals surface area contributed by atoms with Crippen molar-refractivity contribution in [2.45, 2.75) is 6.92 Å². The molecule has 1 nitrogen and oxygen atoms in total. The molecule has 0 rings (SSSR count). The van der Waals surface area contributed by atoms with Gasteiger partial charge in [-0.25, -0.2) is 0 Å². The predicted molar refractivity (Wildman–Crippen MR) is 26.7 cm³/mol. The van der Waals surface area contributed by atoms with Crippen LogP contribution in [0, 0.1) is 0 Å². The van der Waals surface area contributed by atoms with Gasteiger partial charge >= 0.3 is 51.4 Å². The van der Waals surface area contributed by atoms with Gasteiger partial charge in [-0.15, -0.1) is 0 Å². The van der Waals surface area contributed by atoms with Crippen LogP contribution in [0.3, 0.4) is 0 Å². The first-order valence-electron chi connectivity index (χ1n) is 1.56. The zero-order valence-corrected chi connectivity index (χ0v) is 3.21. The van der Waals surface area contributed by atoms with Crippen molar-refractivity contribution in [1.29, 1.82) is 0 Å². The van der Waals surface area contributed by atoms with Crippen LogP contribution in [0.2, 0.25) is 0 Å². The molecule has 0 bridgehead atoms. The summed E-state index contributed by atoms with van der Waals surface area (Å²) in [5.41, 5.74) is 0. The van der Waals surface area contributed by atoms with Crippen molar-refractivity contribution in [3.05, 3.63) is 0 Å². The molecule has 0 radical (unpaired) electrons. The molecule has 0 spiro atoms. The molecular formula is C3H10KN. The molecule has 0 amide bonds. The van der Waals surface area contributed by atoms with Crippen LogP contribution in [0.4, 0.5) is 0 Å². The summed E-state index contributed by atoms with van der Waals surface area (Å²) in [5.74, 6) is 0. The molecule has 0 heterocycles. The first-order chi connectivity index (χ1) is 1.91. The Labute approximate surface area is 75.9 Å². The molecule has 0 fully saturated rings. The van der Waals surface area contributed by atoms with E-state index in [9.17, 15) is 0 Å². The van der Waals surface area contributed by atoms with E-state index in [0.717, 1.165) is 6.54 Å². The second kappa shape index (κ2) is 9.14. The number of rotatable bonds is 1. The first kappa shape index (κ1) is 9.78. The van der Waals surface area contributed by atoms with Crippen LogP contribution >= 0.6 is 0 Å². The van der Waals surface area contributed by atoms with E-state index in [-0.39, 0.29) is 51.4 Å². The van der Waals surface area contributed by atoms with Crippen molar-refractivity contribution in [2.24, 2.45) is 0 Å². The Hall–Kier alpha value is 1.60. The summed E-state index contributed by atoms with van der Waals surface area (Å²) in [5, 5.41) is 2.93. The first-order valence-corrected chi connectivity index (χ1v) is 1.56. The second-order valence-electron chi connectivity index (χ2n) is 0.707. The van der Waals surface area contributed by atoms with E-state index in [2.05, 4.69) is 12.2 Å². The van der Waals surface area contributed by atoms with Crippen molar-refractivity contribution >= 4 is 51.4 Å². The standard InChI is InChI=1S/C3H9N.K.H/c1-3-4-2;;/h4H,3H2,1-2H3;;. The minimum atomic E-state index is 0. The molecule has 0 aromatic heterocycles. The van der Waals surface area contributed by atoms with Crippen molar-refractivity contribution in [3.63, 3.8) is 0 Å². The SMILES string of the molecule is CCNC.[KH]. The molecule has 1 N–H and O–H groups in total. The Morgan fingerprint density at radius 3 is 1.80 bits per heavy atom. The Morgan fingerprint density at radius 1 is 1.60 bits per heavy atom. The van der Waals surface area contributed by atoms with Crippen LogP contribution in [0.25, 0.3) is 0 Å². The second-order valence-corrected chi connectivity index (χ2v) is 0.707. The van der Waals surface area contributed by atoms with Crippen molar-refractivity contribution in [2.75, 3.05) is 13.6 Å². The molecule has 28 valence electrons. The third-order valence-corrected chi connectivity index (χ3v) is 0.354. The third-order valence-electron chi connectivity index (χ3n) is 0.354. The van der Waals surface area contributed by atoms with E-state index in [4.69, 9.17) is 0 Å². The molecule has 0 atom stereocenters. The molecule has 5 heavy (non-hydrogen) atoms. The molecule has 2 heteroatoms. The zero-order valence-electron chi connectivity index (χ0n) is 3.21. The summed E-state index contributed by atoms with van der Waals surface area (Å²) in [6.07, 6.45) is 0. The molecule has 0 saturated heterocycles. The molecule has 0 saturated carbocycles. The van der Waals surface area contributed by atoms with Gasteiger partial charge in [0.1, 0.15) is 0 Å². The number of nitrogens with one attached hydrogen (secondary N) is 1. The maximum atomic E-state index is 2.93. The third kappa shape index (κ3) is 10.7. The summed E-state index contributed by atoms with van der Waals surface area (Å²) >= 11 is 0. The predicted octanol–water partition coefficient (Wildman–Crippen LogP) is -0.423. The average molecular weight is 99.2 g/mol. The van der Waals surface area contributed by atoms with Gasteiger partial charge in [-0.3, -0.25) is 0 Å². The van der Waals surface area contributed by atoms with Gasteiger partial charge in [-0.05, 0) is 13.6 Å². The molecule has 0 aliphatic heterocycles. The normalized spacial score (nSPS) is 6.00. The Bertz CT molecular complexity index is 8.85. The fraction of sp³-hybridized carbons (Fsp3) is 1.00. The van der Waals surface area contributed by atoms with Gasteiger partial charge in [0.25, 0.3) is 0 Å². The van der Waals surface area contributed by atoms with Crippen molar-refractivity contribution in [3.8, 4) is 0 Å². The van der Waals surface area contributed by atoms with Crippen LogP contribution in [-0.4, -0.2) is 65.0 Å². The number of hydrogen-bond donors (Lipinski definition) is 1. The number of hydrogen-bond acceptors (Lipinski definition) is 1. The van der Waals surface area contributed by atoms with Crippen LogP contribution in [-0.2, 0) is 0 Å².